The van der Waals surface area contributed by atoms with Gasteiger partial charge in [-0.05, 0) is 12.1 Å². The van der Waals surface area contributed by atoms with Crippen LogP contribution in [0.1, 0.15) is 5.56 Å². The third-order valence-corrected chi connectivity index (χ3v) is 2.04. The molecule has 0 aliphatic rings. The van der Waals surface area contributed by atoms with Crippen LogP contribution < -0.4 is 5.32 Å². The summed E-state index contributed by atoms with van der Waals surface area (Å²) in [6, 6.07) is 7.09. The topological polar surface area (TPSA) is 61.7 Å². The number of phenols is 1. The number of aromatic hydroxyl groups is 1. The molecule has 0 amide bonds. The zero-order chi connectivity index (χ0) is 15.1. The van der Waals surface area contributed by atoms with E-state index < -0.39 is 0 Å². The molecule has 0 heterocycles. The molecule has 0 bridgehead atoms. The average Bonchev–Trinajstić information content (AvgIpc) is 2.49. The maximum absolute atomic E-state index is 9.49. The van der Waals surface area contributed by atoms with E-state index in [-0.39, 0.29) is 5.75 Å². The van der Waals surface area contributed by atoms with Gasteiger partial charge in [0.2, 0.25) is 0 Å². The van der Waals surface area contributed by atoms with Gasteiger partial charge in [0.1, 0.15) is 5.75 Å². The first-order chi connectivity index (χ1) is 9.84. The minimum atomic E-state index is 0.241. The van der Waals surface area contributed by atoms with Gasteiger partial charge in [0.05, 0.1) is 6.54 Å². The van der Waals surface area contributed by atoms with Crippen LogP contribution in [0.5, 0.6) is 5.75 Å². The van der Waals surface area contributed by atoms with Crippen LogP contribution in [0.15, 0.2) is 53.7 Å². The van der Waals surface area contributed by atoms with Gasteiger partial charge < -0.3 is 10.4 Å². The van der Waals surface area contributed by atoms with E-state index in [1.807, 2.05) is 12.1 Å². The maximum atomic E-state index is 9.49. The van der Waals surface area contributed by atoms with Crippen molar-refractivity contribution in [3.63, 3.8) is 0 Å². The predicted molar refractivity (Wildman–Crippen MR) is 75.1 cm³/mol. The standard InChI is InChI=1S/C15H16N2O.Ni.O/c1-2-3-4-7-10-16-11-12-17-13-14-8-5-6-9-15(14)18;;/h1-6,8-10,13,16,18H,11-12H2;;/q-2;;/b4-3-,17-13?;;. The predicted octanol–water partition coefficient (Wildman–Crippen LogP) is 2.14. The Morgan fingerprint density at radius 2 is 2.15 bits per heavy atom. The summed E-state index contributed by atoms with van der Waals surface area (Å²) < 4.78 is 7.88. The zero-order valence-electron chi connectivity index (χ0n) is 10.8. The van der Waals surface area contributed by atoms with Crippen LogP contribution in [0.2, 0.25) is 0 Å². The van der Waals surface area contributed by atoms with Gasteiger partial charge in [0.25, 0.3) is 0 Å². The first-order valence-electron chi connectivity index (χ1n) is 5.76. The van der Waals surface area contributed by atoms with Crippen molar-refractivity contribution < 1.29 is 24.4 Å². The zero-order valence-corrected chi connectivity index (χ0v) is 11.8. The molecule has 0 saturated carbocycles. The minimum absolute atomic E-state index is 0.241. The molecule has 0 aliphatic heterocycles. The number of rotatable bonds is 7. The van der Waals surface area contributed by atoms with Crippen molar-refractivity contribution in [1.29, 1.82) is 0 Å². The Balaban J connectivity index is 0.00000172. The van der Waals surface area contributed by atoms with Crippen LogP contribution in [0.3, 0.4) is 0 Å². The molecule has 2 N–H and O–H groups in total. The van der Waals surface area contributed by atoms with Crippen LogP contribution in [0.25, 0.3) is 0 Å². The molecule has 5 heteroatoms. The number of para-hydroxylation sites is 1. The number of aliphatic imine (C=N–C) groups is 1. The third kappa shape index (κ3) is 9.00. The van der Waals surface area contributed by atoms with Gasteiger partial charge in [0, 0.05) is 18.3 Å². The van der Waals surface area contributed by atoms with Gasteiger partial charge in [-0.1, -0.05) is 18.3 Å². The molecule has 0 atom stereocenters. The number of hydrogen-bond acceptors (Lipinski definition) is 4. The van der Waals surface area contributed by atoms with E-state index in [2.05, 4.69) is 31.8 Å². The SMILES string of the molecule is [CH-]=C/C=C\[C-]=CNCCN=Cc1ccccc1O.[O]=[Ni]. The normalized spacial score (nSPS) is 10.7. The molecule has 110 valence electrons. The molecule has 20 heavy (non-hydrogen) atoms. The van der Waals surface area contributed by atoms with Crippen molar-refractivity contribution in [3.05, 3.63) is 66.9 Å². The second kappa shape index (κ2) is 13.4. The van der Waals surface area contributed by atoms with E-state index in [1.54, 1.807) is 36.7 Å². The molecule has 0 spiro atoms. The molecule has 0 aliphatic carbocycles. The van der Waals surface area contributed by atoms with Crippen LogP contribution in [0, 0.1) is 12.7 Å². The van der Waals surface area contributed by atoms with E-state index >= 15 is 0 Å². The molecular formula is C15H16N2NiO2-2. The quantitative estimate of drug-likeness (QED) is 0.266. The van der Waals surface area contributed by atoms with Gasteiger partial charge in [-0.2, -0.15) is 0 Å². The van der Waals surface area contributed by atoms with E-state index in [1.165, 1.54) is 6.08 Å². The number of nitrogens with zero attached hydrogens (tertiary/aromatic N) is 1. The van der Waals surface area contributed by atoms with Gasteiger partial charge >= 0.3 is 19.3 Å². The van der Waals surface area contributed by atoms with Crippen molar-refractivity contribution in [2.24, 2.45) is 4.99 Å². The summed E-state index contributed by atoms with van der Waals surface area (Å²) in [6.45, 7) is 6.48. The Hall–Kier alpha value is -2.00. The summed E-state index contributed by atoms with van der Waals surface area (Å²) in [6.07, 6.45) is 11.1. The number of phenolic OH excluding ortho intramolecular Hbond substituents is 1. The summed E-state index contributed by atoms with van der Waals surface area (Å²) in [4.78, 5) is 4.20. The van der Waals surface area contributed by atoms with Gasteiger partial charge in [0.15, 0.2) is 0 Å². The van der Waals surface area contributed by atoms with Crippen molar-refractivity contribution >= 4 is 6.21 Å². The molecule has 0 unspecified atom stereocenters. The monoisotopic (exact) mass is 314 g/mol. The fraction of sp³-hybridized carbons (Fsp3) is 0.133. The molecule has 1 aromatic rings. The number of hydrogen-bond donors (Lipinski definition) is 2. The Labute approximate surface area is 127 Å². The Morgan fingerprint density at radius 3 is 2.85 bits per heavy atom. The molecule has 0 aromatic heterocycles. The van der Waals surface area contributed by atoms with Crippen molar-refractivity contribution in [2.45, 2.75) is 0 Å². The molecule has 1 aromatic carbocycles. The van der Waals surface area contributed by atoms with Crippen LogP contribution in [-0.2, 0) is 19.3 Å². The van der Waals surface area contributed by atoms with Crippen molar-refractivity contribution in [3.8, 4) is 5.75 Å². The summed E-state index contributed by atoms with van der Waals surface area (Å²) in [7, 11) is 0. The van der Waals surface area contributed by atoms with Crippen LogP contribution >= 0.6 is 0 Å². The van der Waals surface area contributed by atoms with Gasteiger partial charge in [-0.3, -0.25) is 11.6 Å². The summed E-state index contributed by atoms with van der Waals surface area (Å²) in [5.74, 6) is 0.241. The van der Waals surface area contributed by atoms with Gasteiger partial charge in [-0.15, -0.1) is 0 Å². The second-order valence-electron chi connectivity index (χ2n) is 3.41. The van der Waals surface area contributed by atoms with Crippen molar-refractivity contribution in [1.82, 2.24) is 5.32 Å². The van der Waals surface area contributed by atoms with E-state index in [0.29, 0.717) is 13.1 Å². The Kier molecular flexibility index (Phi) is 12.1. The molecule has 0 radical (unpaired) electrons. The molecule has 0 fully saturated rings. The third-order valence-electron chi connectivity index (χ3n) is 2.04. The molecular weight excluding hydrogens is 299 g/mol. The van der Waals surface area contributed by atoms with Gasteiger partial charge in [-0.25, -0.2) is 24.3 Å². The Morgan fingerprint density at radius 1 is 1.40 bits per heavy atom. The number of allylic oxidation sites excluding steroid dienone is 4. The summed E-state index contributed by atoms with van der Waals surface area (Å²) in [5, 5.41) is 12.5. The van der Waals surface area contributed by atoms with E-state index in [9.17, 15) is 5.11 Å². The molecule has 0 saturated heterocycles. The number of benzene rings is 1. The van der Waals surface area contributed by atoms with Crippen molar-refractivity contribution in [2.75, 3.05) is 13.1 Å². The fourth-order valence-electron chi connectivity index (χ4n) is 1.18. The summed E-state index contributed by atoms with van der Waals surface area (Å²) in [5.41, 5.74) is 0.723. The number of nitrogens with one attached hydrogen (secondary N) is 1. The Bertz CT molecular complexity index is 471. The second-order valence-corrected chi connectivity index (χ2v) is 3.41. The van der Waals surface area contributed by atoms with E-state index in [0.717, 1.165) is 5.56 Å². The molecule has 4 nitrogen and oxygen atoms in total. The fourth-order valence-corrected chi connectivity index (χ4v) is 1.18. The molecule has 1 rings (SSSR count). The summed E-state index contributed by atoms with van der Waals surface area (Å²) >= 11 is 2.62. The van der Waals surface area contributed by atoms with Crippen LogP contribution in [-0.4, -0.2) is 24.4 Å². The first kappa shape index (κ1) is 18.0. The average molecular weight is 315 g/mol. The first-order valence-corrected chi connectivity index (χ1v) is 6.17. The van der Waals surface area contributed by atoms with E-state index in [4.69, 9.17) is 10.5 Å². The van der Waals surface area contributed by atoms with Crippen LogP contribution in [0.4, 0.5) is 0 Å².